The molecule has 0 amide bonds. The lowest BCUT2D eigenvalue weighted by molar-refractivity contribution is -0.174. The van der Waals surface area contributed by atoms with Crippen molar-refractivity contribution in [2.75, 3.05) is 14.2 Å². The highest BCUT2D eigenvalue weighted by atomic mass is 16.6. The summed E-state index contributed by atoms with van der Waals surface area (Å²) in [4.78, 5) is 23.7. The summed E-state index contributed by atoms with van der Waals surface area (Å²) in [5, 5.41) is 4.25. The van der Waals surface area contributed by atoms with Gasteiger partial charge in [-0.2, -0.15) is 0 Å². The number of benzene rings is 8. The molecule has 0 N–H and O–H groups in total. The Morgan fingerprint density at radius 2 is 0.635 bits per heavy atom. The zero-order chi connectivity index (χ0) is 62.3. The molecule has 0 fully saturated rings. The molecule has 8 aromatic rings. The van der Waals surface area contributed by atoms with Gasteiger partial charge in [0.25, 0.3) is 0 Å². The molecular formula is C75H88O10. The quantitative estimate of drug-likeness (QED) is 0.0726. The molecule has 0 unspecified atom stereocenters. The van der Waals surface area contributed by atoms with Gasteiger partial charge in [0.1, 0.15) is 67.8 Å². The lowest BCUT2D eigenvalue weighted by atomic mass is 9.67. The molecule has 0 spiro atoms. The van der Waals surface area contributed by atoms with E-state index in [9.17, 15) is 9.59 Å². The van der Waals surface area contributed by atoms with Crippen LogP contribution in [-0.4, -0.2) is 71.0 Å². The summed E-state index contributed by atoms with van der Waals surface area (Å²) < 4.78 is 49.6. The summed E-state index contributed by atoms with van der Waals surface area (Å²) in [7, 11) is 3.42. The zero-order valence-corrected chi connectivity index (χ0v) is 53.7. The van der Waals surface area contributed by atoms with E-state index < -0.39 is 50.2 Å². The van der Waals surface area contributed by atoms with Crippen LogP contribution in [0.5, 0.6) is 23.0 Å². The third-order valence-electron chi connectivity index (χ3n) is 18.7. The molecule has 0 aliphatic heterocycles. The zero-order valence-electron chi connectivity index (χ0n) is 53.7. The molecule has 1 aliphatic rings. The van der Waals surface area contributed by atoms with Crippen LogP contribution in [0.3, 0.4) is 0 Å². The second kappa shape index (κ2) is 23.3. The van der Waals surface area contributed by atoms with Crippen molar-refractivity contribution in [1.82, 2.24) is 0 Å². The van der Waals surface area contributed by atoms with Crippen molar-refractivity contribution in [2.45, 2.75) is 175 Å². The van der Waals surface area contributed by atoms with E-state index in [4.69, 9.17) is 37.9 Å². The van der Waals surface area contributed by atoms with Gasteiger partial charge in [-0.25, -0.2) is 0 Å². The maximum atomic E-state index is 11.9. The van der Waals surface area contributed by atoms with Gasteiger partial charge in [0.05, 0.1) is 5.41 Å². The second-order valence-corrected chi connectivity index (χ2v) is 26.3. The third kappa shape index (κ3) is 12.2. The molecule has 10 heteroatoms. The van der Waals surface area contributed by atoms with Crippen LogP contribution >= 0.6 is 0 Å². The minimum absolute atomic E-state index is 0.338. The fraction of sp³-hybridized carbons (Fsp3) is 0.387. The van der Waals surface area contributed by atoms with Gasteiger partial charge < -0.3 is 37.9 Å². The molecule has 0 aromatic heterocycles. The fourth-order valence-corrected chi connectivity index (χ4v) is 10.8. The maximum absolute atomic E-state index is 11.9. The number of hydrogen-bond acceptors (Lipinski definition) is 10. The third-order valence-corrected chi connectivity index (χ3v) is 18.7. The van der Waals surface area contributed by atoms with Crippen LogP contribution in [0.1, 0.15) is 147 Å². The Morgan fingerprint density at radius 3 is 0.988 bits per heavy atom. The van der Waals surface area contributed by atoms with Crippen LogP contribution in [0, 0.1) is 0 Å². The smallest absolute Gasteiger partial charge is 0.303 e. The molecule has 9 rings (SSSR count). The van der Waals surface area contributed by atoms with Crippen LogP contribution in [-0.2, 0) is 34.0 Å². The van der Waals surface area contributed by atoms with Crippen molar-refractivity contribution in [3.8, 4) is 45.3 Å². The highest BCUT2D eigenvalue weighted by Gasteiger charge is 2.48. The van der Waals surface area contributed by atoms with E-state index in [0.717, 1.165) is 55.3 Å². The minimum atomic E-state index is -0.898. The summed E-state index contributed by atoms with van der Waals surface area (Å²) in [5.41, 5.74) is 2.83. The van der Waals surface area contributed by atoms with Crippen LogP contribution in [0.4, 0.5) is 0 Å². The Morgan fingerprint density at radius 1 is 0.329 bits per heavy atom. The Labute approximate surface area is 505 Å². The van der Waals surface area contributed by atoms with Gasteiger partial charge in [0.2, 0.25) is 0 Å². The molecule has 0 heterocycles. The first kappa shape index (κ1) is 63.4. The summed E-state index contributed by atoms with van der Waals surface area (Å²) in [6, 6.07) is 58.9. The average molecular weight is 1150 g/mol. The van der Waals surface area contributed by atoms with Gasteiger partial charge in [-0.15, -0.1) is 0 Å². The Hall–Kier alpha value is -7.66. The topological polar surface area (TPSA) is 108 Å². The Balaban J connectivity index is 0.000000223. The normalized spacial score (nSPS) is 13.7. The highest BCUT2D eigenvalue weighted by molar-refractivity contribution is 6.10. The van der Waals surface area contributed by atoms with Gasteiger partial charge in [-0.1, -0.05) is 133 Å². The van der Waals surface area contributed by atoms with Crippen LogP contribution in [0.25, 0.3) is 43.8 Å². The Kier molecular flexibility index (Phi) is 17.4. The first-order valence-electron chi connectivity index (χ1n) is 29.4. The first-order valence-corrected chi connectivity index (χ1v) is 29.4. The molecule has 448 valence electrons. The van der Waals surface area contributed by atoms with Gasteiger partial charge in [0, 0.05) is 39.2 Å². The molecule has 0 bridgehead atoms. The van der Waals surface area contributed by atoms with Crippen LogP contribution < -0.4 is 18.9 Å². The highest BCUT2D eigenvalue weighted by Crippen LogP contribution is 2.57. The first-order chi connectivity index (χ1) is 39.7. The summed E-state index contributed by atoms with van der Waals surface area (Å²) >= 11 is 0. The van der Waals surface area contributed by atoms with Crippen molar-refractivity contribution >= 4 is 33.5 Å². The van der Waals surface area contributed by atoms with Gasteiger partial charge in [-0.3, -0.25) is 9.59 Å². The fourth-order valence-electron chi connectivity index (χ4n) is 10.8. The van der Waals surface area contributed by atoms with E-state index in [1.165, 1.54) is 36.1 Å². The standard InChI is InChI=1S/C40H46O5.C35H42O5/c1-27(41)43-38(6,7)39(8,9)45-31-25-21-29(22-26-31)40(34-17-13-11-15-32(34)33-16-12-14-18-35(33)40)28-19-23-30(24-20-28)44-37(4,5)36(2,3)42-10;1-23(36)38-34(6,7)35(8,9)40-29-22-20-25-16-12-14-18-27(25)31(29)30-26-17-13-11-15-24(26)19-21-28(30)39-33(4,5)32(2,3)37-10/h11-26H,1-10H3;11-22H,1-10H3. The molecule has 0 saturated carbocycles. The molecular weight excluding hydrogens is 1060 g/mol. The van der Waals surface area contributed by atoms with Crippen molar-refractivity contribution in [3.05, 3.63) is 192 Å². The predicted molar refractivity (Wildman–Crippen MR) is 343 cm³/mol. The number of ether oxygens (including phenoxy) is 8. The predicted octanol–water partition coefficient (Wildman–Crippen LogP) is 17.9. The number of methoxy groups -OCH3 is 2. The molecule has 1 aliphatic carbocycles. The van der Waals surface area contributed by atoms with Gasteiger partial charge in [0.15, 0.2) is 0 Å². The summed E-state index contributed by atoms with van der Waals surface area (Å²) in [5.74, 6) is 2.19. The number of esters is 2. The van der Waals surface area contributed by atoms with E-state index >= 15 is 0 Å². The number of carbonyl (C=O) groups is 2. The van der Waals surface area contributed by atoms with Crippen LogP contribution in [0.2, 0.25) is 0 Å². The van der Waals surface area contributed by atoms with Crippen LogP contribution in [0.15, 0.2) is 170 Å². The summed E-state index contributed by atoms with van der Waals surface area (Å²) in [6.45, 7) is 34.4. The second-order valence-electron chi connectivity index (χ2n) is 26.3. The number of rotatable bonds is 19. The molecule has 0 atom stereocenters. The maximum Gasteiger partial charge on any atom is 0.303 e. The number of fused-ring (bicyclic) bond motifs is 5. The number of hydrogen-bond donors (Lipinski definition) is 0. The largest absolute Gasteiger partial charge is 0.485 e. The van der Waals surface area contributed by atoms with E-state index in [1.807, 2.05) is 159 Å². The lowest BCUT2D eigenvalue weighted by Crippen LogP contribution is -2.52. The monoisotopic (exact) mass is 1150 g/mol. The molecule has 85 heavy (non-hydrogen) atoms. The lowest BCUT2D eigenvalue weighted by Gasteiger charge is -2.42. The van der Waals surface area contributed by atoms with Gasteiger partial charge in [-0.05, 0) is 202 Å². The minimum Gasteiger partial charge on any atom is -0.485 e. The molecule has 10 nitrogen and oxygen atoms in total. The van der Waals surface area contributed by atoms with E-state index in [-0.39, 0.29) is 11.9 Å². The van der Waals surface area contributed by atoms with Gasteiger partial charge >= 0.3 is 11.9 Å². The van der Waals surface area contributed by atoms with E-state index in [2.05, 4.69) is 121 Å². The van der Waals surface area contributed by atoms with Crippen molar-refractivity contribution in [1.29, 1.82) is 0 Å². The summed E-state index contributed by atoms with van der Waals surface area (Å²) in [6.07, 6.45) is 0. The SMILES string of the molecule is COC(C)(C)C(C)(C)Oc1ccc(C2(c3ccc(OC(C)(C)C(C)(C)OC(C)=O)cc3)c3ccccc3-c3ccccc32)cc1.COC(C)(C)C(C)(C)Oc1ccc2ccccc2c1-c1c(OC(C)(C)C(C)(C)OC(C)=O)ccc2ccccc12. The average Bonchev–Trinajstić information content (AvgIpc) is 1.62. The molecule has 0 radical (unpaired) electrons. The van der Waals surface area contributed by atoms with Crippen molar-refractivity contribution in [2.24, 2.45) is 0 Å². The van der Waals surface area contributed by atoms with Crippen molar-refractivity contribution < 1.29 is 47.5 Å². The van der Waals surface area contributed by atoms with E-state index in [1.54, 1.807) is 14.2 Å². The molecule has 0 saturated heterocycles. The Bertz CT molecular complexity index is 3660. The van der Waals surface area contributed by atoms with Crippen molar-refractivity contribution in [3.63, 3.8) is 0 Å². The number of carbonyl (C=O) groups excluding carboxylic acids is 2. The molecule has 8 aromatic carbocycles. The van der Waals surface area contributed by atoms with E-state index in [0.29, 0.717) is 11.5 Å².